The molecule has 0 aromatic heterocycles. The number of halogens is 1. The maximum absolute atomic E-state index is 13.3. The number of carbonyl (C=O) groups excluding carboxylic acids is 2. The van der Waals surface area contributed by atoms with Gasteiger partial charge in [-0.2, -0.15) is 0 Å². The highest BCUT2D eigenvalue weighted by Crippen LogP contribution is 2.33. The Kier molecular flexibility index (Phi) is 5.51. The summed E-state index contributed by atoms with van der Waals surface area (Å²) in [6, 6.07) is 17.5. The van der Waals surface area contributed by atoms with Gasteiger partial charge >= 0.3 is 0 Å². The standard InChI is InChI=1S/C22H23BrN2O2/c1-4-25-20(26)19(14-17-12-8-9-13-18(17)23)24(3)21(27)22(25,2)15-16-10-6-5-7-11-16/h5-14H,4,15H2,1-3H3/b19-14-. The van der Waals surface area contributed by atoms with Crippen LogP contribution in [0.5, 0.6) is 0 Å². The Morgan fingerprint density at radius 2 is 1.67 bits per heavy atom. The van der Waals surface area contributed by atoms with Gasteiger partial charge in [-0.15, -0.1) is 0 Å². The zero-order chi connectivity index (χ0) is 19.6. The van der Waals surface area contributed by atoms with Crippen molar-refractivity contribution in [3.8, 4) is 0 Å². The van der Waals surface area contributed by atoms with Crippen LogP contribution in [-0.4, -0.2) is 40.7 Å². The first-order valence-corrected chi connectivity index (χ1v) is 9.78. The molecule has 0 bridgehead atoms. The zero-order valence-corrected chi connectivity index (χ0v) is 17.4. The van der Waals surface area contributed by atoms with E-state index in [1.807, 2.05) is 68.4 Å². The molecule has 1 saturated heterocycles. The number of hydrogen-bond donors (Lipinski definition) is 0. The SMILES string of the molecule is CCN1C(=O)/C(=C/c2ccccc2Br)N(C)C(=O)C1(C)Cc1ccccc1. The fourth-order valence-electron chi connectivity index (χ4n) is 3.65. The van der Waals surface area contributed by atoms with E-state index in [1.165, 1.54) is 4.90 Å². The van der Waals surface area contributed by atoms with E-state index in [1.54, 1.807) is 18.0 Å². The number of rotatable bonds is 4. The van der Waals surface area contributed by atoms with Crippen LogP contribution in [0.3, 0.4) is 0 Å². The van der Waals surface area contributed by atoms with E-state index < -0.39 is 5.54 Å². The van der Waals surface area contributed by atoms with Crippen molar-refractivity contribution >= 4 is 33.8 Å². The fraction of sp³-hybridized carbons (Fsp3) is 0.273. The van der Waals surface area contributed by atoms with E-state index in [0.29, 0.717) is 18.7 Å². The second-order valence-electron chi connectivity index (χ2n) is 6.90. The lowest BCUT2D eigenvalue weighted by atomic mass is 9.86. The third kappa shape index (κ3) is 3.56. The van der Waals surface area contributed by atoms with E-state index in [9.17, 15) is 9.59 Å². The highest BCUT2D eigenvalue weighted by molar-refractivity contribution is 9.10. The van der Waals surface area contributed by atoms with Crippen molar-refractivity contribution in [2.24, 2.45) is 0 Å². The van der Waals surface area contributed by atoms with Crippen LogP contribution >= 0.6 is 15.9 Å². The molecular formula is C22H23BrN2O2. The Bertz CT molecular complexity index is 894. The molecule has 0 radical (unpaired) electrons. The van der Waals surface area contributed by atoms with Gasteiger partial charge in [0.05, 0.1) is 0 Å². The first-order chi connectivity index (χ1) is 12.9. The molecule has 27 heavy (non-hydrogen) atoms. The average molecular weight is 427 g/mol. The molecule has 4 nitrogen and oxygen atoms in total. The summed E-state index contributed by atoms with van der Waals surface area (Å²) >= 11 is 3.50. The van der Waals surface area contributed by atoms with Crippen LogP contribution in [0.15, 0.2) is 64.8 Å². The van der Waals surface area contributed by atoms with Crippen LogP contribution in [0, 0.1) is 0 Å². The van der Waals surface area contributed by atoms with Crippen molar-refractivity contribution in [3.63, 3.8) is 0 Å². The van der Waals surface area contributed by atoms with Gasteiger partial charge in [-0.05, 0) is 37.1 Å². The highest BCUT2D eigenvalue weighted by atomic mass is 79.9. The van der Waals surface area contributed by atoms with Crippen molar-refractivity contribution in [1.29, 1.82) is 0 Å². The Labute approximate surface area is 168 Å². The number of likely N-dealkylation sites (N-methyl/N-ethyl adjacent to an activating group) is 2. The minimum atomic E-state index is -0.910. The molecule has 140 valence electrons. The molecule has 1 aliphatic heterocycles. The Hall–Kier alpha value is -2.40. The maximum atomic E-state index is 13.3. The summed E-state index contributed by atoms with van der Waals surface area (Å²) in [5.74, 6) is -0.208. The van der Waals surface area contributed by atoms with Gasteiger partial charge < -0.3 is 9.80 Å². The van der Waals surface area contributed by atoms with Crippen LogP contribution in [0.4, 0.5) is 0 Å². The van der Waals surface area contributed by atoms with Crippen LogP contribution in [0.2, 0.25) is 0 Å². The summed E-state index contributed by atoms with van der Waals surface area (Å²) in [4.78, 5) is 29.8. The van der Waals surface area contributed by atoms with Gasteiger partial charge in [0.1, 0.15) is 11.2 Å². The Morgan fingerprint density at radius 3 is 2.30 bits per heavy atom. The minimum absolute atomic E-state index is 0.0777. The van der Waals surface area contributed by atoms with E-state index in [2.05, 4.69) is 15.9 Å². The summed E-state index contributed by atoms with van der Waals surface area (Å²) in [6.45, 7) is 4.24. The maximum Gasteiger partial charge on any atom is 0.271 e. The molecular weight excluding hydrogens is 404 g/mol. The number of amides is 2. The molecule has 1 atom stereocenters. The van der Waals surface area contributed by atoms with E-state index in [4.69, 9.17) is 0 Å². The molecule has 5 heteroatoms. The second-order valence-corrected chi connectivity index (χ2v) is 7.76. The van der Waals surface area contributed by atoms with Crippen LogP contribution in [-0.2, 0) is 16.0 Å². The second kappa shape index (κ2) is 7.69. The van der Waals surface area contributed by atoms with Gasteiger partial charge in [0.2, 0.25) is 0 Å². The van der Waals surface area contributed by atoms with Crippen molar-refractivity contribution < 1.29 is 9.59 Å². The van der Waals surface area contributed by atoms with Gasteiger partial charge in [-0.1, -0.05) is 64.5 Å². The summed E-state index contributed by atoms with van der Waals surface area (Å²) in [6.07, 6.45) is 2.26. The van der Waals surface area contributed by atoms with E-state index >= 15 is 0 Å². The van der Waals surface area contributed by atoms with Crippen molar-refractivity contribution in [3.05, 3.63) is 75.9 Å². The third-order valence-electron chi connectivity index (χ3n) is 5.09. The molecule has 2 aromatic rings. The topological polar surface area (TPSA) is 40.6 Å². The normalized spacial score (nSPS) is 21.9. The third-order valence-corrected chi connectivity index (χ3v) is 5.81. The molecule has 1 fully saturated rings. The molecule has 0 aliphatic carbocycles. The summed E-state index contributed by atoms with van der Waals surface area (Å²) in [7, 11) is 1.68. The molecule has 3 rings (SSSR count). The molecule has 2 amide bonds. The number of hydrogen-bond acceptors (Lipinski definition) is 2. The van der Waals surface area contributed by atoms with Gasteiger partial charge in [0.25, 0.3) is 11.8 Å². The van der Waals surface area contributed by atoms with Crippen LogP contribution < -0.4 is 0 Å². The van der Waals surface area contributed by atoms with Gasteiger partial charge in [0, 0.05) is 24.5 Å². The molecule has 2 aromatic carbocycles. The smallest absolute Gasteiger partial charge is 0.271 e. The summed E-state index contributed by atoms with van der Waals surface area (Å²) in [5, 5.41) is 0. The summed E-state index contributed by atoms with van der Waals surface area (Å²) < 4.78 is 0.881. The largest absolute Gasteiger partial charge is 0.323 e. The predicted molar refractivity (Wildman–Crippen MR) is 111 cm³/mol. The quantitative estimate of drug-likeness (QED) is 0.690. The van der Waals surface area contributed by atoms with Crippen molar-refractivity contribution in [2.45, 2.75) is 25.8 Å². The number of piperazine rings is 1. The Balaban J connectivity index is 2.02. The molecule has 0 spiro atoms. The van der Waals surface area contributed by atoms with Crippen molar-refractivity contribution in [2.75, 3.05) is 13.6 Å². The zero-order valence-electron chi connectivity index (χ0n) is 15.8. The van der Waals surface area contributed by atoms with Crippen LogP contribution in [0.1, 0.15) is 25.0 Å². The van der Waals surface area contributed by atoms with E-state index in [-0.39, 0.29) is 11.8 Å². The highest BCUT2D eigenvalue weighted by Gasteiger charge is 2.49. The molecule has 1 aliphatic rings. The molecule has 0 saturated carbocycles. The van der Waals surface area contributed by atoms with Gasteiger partial charge in [-0.3, -0.25) is 9.59 Å². The molecule has 0 N–H and O–H groups in total. The number of carbonyl (C=O) groups is 2. The van der Waals surface area contributed by atoms with Gasteiger partial charge in [-0.25, -0.2) is 0 Å². The number of benzene rings is 2. The lowest BCUT2D eigenvalue weighted by Gasteiger charge is -2.47. The monoisotopic (exact) mass is 426 g/mol. The lowest BCUT2D eigenvalue weighted by molar-refractivity contribution is -0.157. The summed E-state index contributed by atoms with van der Waals surface area (Å²) in [5.41, 5.74) is 1.38. The first-order valence-electron chi connectivity index (χ1n) is 8.98. The fourth-order valence-corrected chi connectivity index (χ4v) is 4.05. The lowest BCUT2D eigenvalue weighted by Crippen LogP contribution is -2.65. The van der Waals surface area contributed by atoms with E-state index in [0.717, 1.165) is 15.6 Å². The Morgan fingerprint density at radius 1 is 1.04 bits per heavy atom. The molecule has 1 heterocycles. The van der Waals surface area contributed by atoms with Crippen LogP contribution in [0.25, 0.3) is 6.08 Å². The predicted octanol–water partition coefficient (Wildman–Crippen LogP) is 4.11. The number of nitrogens with zero attached hydrogens (tertiary/aromatic N) is 2. The van der Waals surface area contributed by atoms with Gasteiger partial charge in [0.15, 0.2) is 0 Å². The van der Waals surface area contributed by atoms with Crippen molar-refractivity contribution in [1.82, 2.24) is 9.80 Å². The first kappa shape index (κ1) is 19.4. The average Bonchev–Trinajstić information content (AvgIpc) is 2.66. The molecule has 1 unspecified atom stereocenters. The minimum Gasteiger partial charge on any atom is -0.323 e.